The summed E-state index contributed by atoms with van der Waals surface area (Å²) in [7, 11) is 5.01. The molecule has 2 aromatic rings. The number of nitrogens with one attached hydrogen (secondary N) is 1. The number of fused-ring (bicyclic) bond motifs is 3. The number of amides is 2. The monoisotopic (exact) mass is 455 g/mol. The lowest BCUT2D eigenvalue weighted by molar-refractivity contribution is -0.187. The van der Waals surface area contributed by atoms with Crippen molar-refractivity contribution in [3.8, 4) is 11.1 Å². The fourth-order valence-electron chi connectivity index (χ4n) is 3.86. The van der Waals surface area contributed by atoms with Crippen LogP contribution < -0.4 is 5.32 Å². The molecule has 0 saturated carbocycles. The van der Waals surface area contributed by atoms with Crippen molar-refractivity contribution in [1.82, 2.24) is 15.3 Å². The molecule has 2 amide bonds. The van der Waals surface area contributed by atoms with E-state index in [4.69, 9.17) is 14.7 Å². The van der Waals surface area contributed by atoms with Gasteiger partial charge in [-0.25, -0.2) is 14.7 Å². The van der Waals surface area contributed by atoms with Crippen LogP contribution in [0.25, 0.3) is 11.1 Å². The summed E-state index contributed by atoms with van der Waals surface area (Å²) in [5, 5.41) is 12.2. The van der Waals surface area contributed by atoms with Gasteiger partial charge in [0.05, 0.1) is 0 Å². The van der Waals surface area contributed by atoms with Crippen LogP contribution in [0.5, 0.6) is 0 Å². The summed E-state index contributed by atoms with van der Waals surface area (Å²) in [6.45, 7) is -0.0137. The molecule has 9 nitrogen and oxygen atoms in total. The molecule has 0 saturated heterocycles. The second kappa shape index (κ2) is 10.9. The molecule has 176 valence electrons. The van der Waals surface area contributed by atoms with Crippen LogP contribution in [-0.4, -0.2) is 80.0 Å². The van der Waals surface area contributed by atoms with Gasteiger partial charge in [0.2, 0.25) is 0 Å². The first-order valence-electron chi connectivity index (χ1n) is 10.7. The molecule has 0 spiro atoms. The Morgan fingerprint density at radius 1 is 1.00 bits per heavy atom. The fraction of sp³-hybridized carbons (Fsp3) is 0.375. The minimum absolute atomic E-state index is 0.0966. The number of hydrogen-bond donors (Lipinski definition) is 2. The fourth-order valence-corrected chi connectivity index (χ4v) is 3.86. The number of carbonyl (C=O) groups excluding carboxylic acids is 2. The Kier molecular flexibility index (Phi) is 8.02. The Balaban J connectivity index is 1.65. The van der Waals surface area contributed by atoms with Crippen LogP contribution in [0, 0.1) is 0 Å². The summed E-state index contributed by atoms with van der Waals surface area (Å²) < 4.78 is 5.54. The summed E-state index contributed by atoms with van der Waals surface area (Å²) in [5.41, 5.74) is 4.43. The van der Waals surface area contributed by atoms with E-state index in [9.17, 15) is 14.4 Å². The van der Waals surface area contributed by atoms with E-state index < -0.39 is 30.6 Å². The second-order valence-corrected chi connectivity index (χ2v) is 8.12. The highest BCUT2D eigenvalue weighted by Gasteiger charge is 2.30. The Hall–Kier alpha value is -3.43. The number of ether oxygens (including phenoxy) is 1. The third kappa shape index (κ3) is 6.09. The average molecular weight is 456 g/mol. The number of hydrogen-bond acceptors (Lipinski definition) is 6. The molecule has 33 heavy (non-hydrogen) atoms. The zero-order chi connectivity index (χ0) is 24.0. The zero-order valence-electron chi connectivity index (χ0n) is 19.0. The molecule has 9 heteroatoms. The zero-order valence-corrected chi connectivity index (χ0v) is 19.0. The third-order valence-electron chi connectivity index (χ3n) is 5.49. The van der Waals surface area contributed by atoms with Crippen molar-refractivity contribution in [2.45, 2.75) is 18.4 Å². The lowest BCUT2D eigenvalue weighted by atomic mass is 9.98. The number of carboxylic acid groups (broad SMARTS) is 1. The van der Waals surface area contributed by atoms with Gasteiger partial charge in [0.1, 0.15) is 12.6 Å². The van der Waals surface area contributed by atoms with Crippen molar-refractivity contribution < 1.29 is 29.1 Å². The van der Waals surface area contributed by atoms with E-state index in [0.717, 1.165) is 27.3 Å². The first-order valence-corrected chi connectivity index (χ1v) is 10.7. The maximum absolute atomic E-state index is 12.7. The molecule has 1 aliphatic carbocycles. The standard InChI is InChI=1S/C24H29N3O6/c1-26(2)13-12-21(23(30)27(3)33-15-22(28)29)25-24(31)32-14-20-18-10-6-4-8-16(18)17-9-5-7-11-19(17)20/h4-11,20-21H,12-15H2,1-3H3,(H,25,31)(H,28,29). The highest BCUT2D eigenvalue weighted by molar-refractivity contribution is 5.85. The Labute approximate surface area is 192 Å². The molecule has 0 fully saturated rings. The molecule has 2 aromatic carbocycles. The minimum Gasteiger partial charge on any atom is -0.479 e. The van der Waals surface area contributed by atoms with E-state index in [1.807, 2.05) is 55.4 Å². The minimum atomic E-state index is -1.20. The van der Waals surface area contributed by atoms with E-state index in [-0.39, 0.29) is 12.5 Å². The summed E-state index contributed by atoms with van der Waals surface area (Å²) in [6, 6.07) is 15.1. The van der Waals surface area contributed by atoms with Crippen LogP contribution in [0.1, 0.15) is 23.5 Å². The van der Waals surface area contributed by atoms with Gasteiger partial charge in [-0.05, 0) is 49.3 Å². The largest absolute Gasteiger partial charge is 0.479 e. The lowest BCUT2D eigenvalue weighted by Crippen LogP contribution is -2.49. The van der Waals surface area contributed by atoms with Crippen molar-refractivity contribution in [1.29, 1.82) is 0 Å². The number of alkyl carbamates (subject to hydrolysis) is 1. The molecule has 1 atom stereocenters. The molecule has 0 aromatic heterocycles. The number of hydroxylamine groups is 2. The van der Waals surface area contributed by atoms with Gasteiger partial charge < -0.3 is 20.1 Å². The summed E-state index contributed by atoms with van der Waals surface area (Å²) in [6.07, 6.45) is -0.419. The summed E-state index contributed by atoms with van der Waals surface area (Å²) in [5.74, 6) is -1.86. The molecule has 1 aliphatic rings. The van der Waals surface area contributed by atoms with Crippen molar-refractivity contribution in [2.24, 2.45) is 0 Å². The van der Waals surface area contributed by atoms with Gasteiger partial charge in [-0.3, -0.25) is 9.63 Å². The van der Waals surface area contributed by atoms with E-state index in [0.29, 0.717) is 13.0 Å². The topological polar surface area (TPSA) is 108 Å². The number of rotatable bonds is 10. The van der Waals surface area contributed by atoms with E-state index in [1.165, 1.54) is 7.05 Å². The van der Waals surface area contributed by atoms with Crippen LogP contribution in [0.15, 0.2) is 48.5 Å². The van der Waals surface area contributed by atoms with Crippen LogP contribution in [0.2, 0.25) is 0 Å². The summed E-state index contributed by atoms with van der Waals surface area (Å²) in [4.78, 5) is 42.9. The normalized spacial score (nSPS) is 13.2. The number of carbonyl (C=O) groups is 3. The molecule has 0 bridgehead atoms. The smallest absolute Gasteiger partial charge is 0.407 e. The highest BCUT2D eigenvalue weighted by atomic mass is 16.7. The predicted octanol–water partition coefficient (Wildman–Crippen LogP) is 2.32. The van der Waals surface area contributed by atoms with E-state index >= 15 is 0 Å². The number of nitrogens with zero attached hydrogens (tertiary/aromatic N) is 2. The Bertz CT molecular complexity index is 964. The molecule has 0 aliphatic heterocycles. The Morgan fingerprint density at radius 3 is 2.12 bits per heavy atom. The molecular formula is C24H29N3O6. The second-order valence-electron chi connectivity index (χ2n) is 8.12. The van der Waals surface area contributed by atoms with Gasteiger partial charge in [0.25, 0.3) is 5.91 Å². The van der Waals surface area contributed by atoms with Crippen LogP contribution >= 0.6 is 0 Å². The maximum Gasteiger partial charge on any atom is 0.407 e. The van der Waals surface area contributed by atoms with Crippen molar-refractivity contribution >= 4 is 18.0 Å². The van der Waals surface area contributed by atoms with Gasteiger partial charge in [-0.2, -0.15) is 0 Å². The number of carboxylic acids is 1. The first kappa shape index (κ1) is 24.2. The van der Waals surface area contributed by atoms with Gasteiger partial charge in [-0.15, -0.1) is 0 Å². The quantitative estimate of drug-likeness (QED) is 0.529. The van der Waals surface area contributed by atoms with Crippen molar-refractivity contribution in [3.63, 3.8) is 0 Å². The maximum atomic E-state index is 12.7. The van der Waals surface area contributed by atoms with Gasteiger partial charge in [0, 0.05) is 13.0 Å². The van der Waals surface area contributed by atoms with E-state index in [2.05, 4.69) is 17.4 Å². The SMILES string of the molecule is CN(C)CCC(NC(=O)OCC1c2ccccc2-c2ccccc21)C(=O)N(C)OCC(=O)O. The van der Waals surface area contributed by atoms with Crippen LogP contribution in [0.4, 0.5) is 4.79 Å². The van der Waals surface area contributed by atoms with Gasteiger partial charge in [0.15, 0.2) is 6.61 Å². The molecular weight excluding hydrogens is 426 g/mol. The van der Waals surface area contributed by atoms with E-state index in [1.54, 1.807) is 0 Å². The van der Waals surface area contributed by atoms with Crippen LogP contribution in [-0.2, 0) is 19.2 Å². The van der Waals surface area contributed by atoms with Crippen molar-refractivity contribution in [3.05, 3.63) is 59.7 Å². The molecule has 3 rings (SSSR count). The highest BCUT2D eigenvalue weighted by Crippen LogP contribution is 2.44. The molecule has 1 unspecified atom stereocenters. The van der Waals surface area contributed by atoms with Crippen LogP contribution in [0.3, 0.4) is 0 Å². The first-order chi connectivity index (χ1) is 15.8. The summed E-state index contributed by atoms with van der Waals surface area (Å²) >= 11 is 0. The third-order valence-corrected chi connectivity index (χ3v) is 5.49. The predicted molar refractivity (Wildman–Crippen MR) is 122 cm³/mol. The Morgan fingerprint density at radius 2 is 1.58 bits per heavy atom. The lowest BCUT2D eigenvalue weighted by Gasteiger charge is -2.24. The van der Waals surface area contributed by atoms with Gasteiger partial charge in [-0.1, -0.05) is 48.5 Å². The average Bonchev–Trinajstić information content (AvgIpc) is 3.12. The molecule has 0 heterocycles. The number of benzene rings is 2. The van der Waals surface area contributed by atoms with Crippen molar-refractivity contribution in [2.75, 3.05) is 40.9 Å². The van der Waals surface area contributed by atoms with Gasteiger partial charge >= 0.3 is 12.1 Å². The molecule has 0 radical (unpaired) electrons. The number of aliphatic carboxylic acids is 1. The molecule has 2 N–H and O–H groups in total. The number of likely N-dealkylation sites (N-methyl/N-ethyl adjacent to an activating group) is 1.